The Morgan fingerprint density at radius 3 is 2.05 bits per heavy atom. The van der Waals surface area contributed by atoms with Gasteiger partial charge >= 0.3 is 0 Å². The van der Waals surface area contributed by atoms with Crippen LogP contribution in [0.3, 0.4) is 0 Å². The van der Waals surface area contributed by atoms with Gasteiger partial charge in [-0.05, 0) is 66.2 Å². The molecule has 0 amide bonds. The maximum absolute atomic E-state index is 6.15. The first-order valence-corrected chi connectivity index (χ1v) is 13.6. The first-order chi connectivity index (χ1) is 20.3. The highest BCUT2D eigenvalue weighted by Crippen LogP contribution is 2.43. The molecule has 194 valence electrons. The van der Waals surface area contributed by atoms with Gasteiger partial charge in [-0.1, -0.05) is 84.9 Å². The lowest BCUT2D eigenvalue weighted by atomic mass is 10.0. The number of hydrogen-bond acceptors (Lipinski definition) is 4. The summed E-state index contributed by atoms with van der Waals surface area (Å²) in [5.74, 6) is 0. The van der Waals surface area contributed by atoms with E-state index < -0.39 is 0 Å². The lowest BCUT2D eigenvalue weighted by Crippen LogP contribution is -2.11. The average molecular weight is 529 g/mol. The maximum atomic E-state index is 6.15. The van der Waals surface area contributed by atoms with Gasteiger partial charge in [0.05, 0.1) is 11.4 Å². The van der Waals surface area contributed by atoms with Gasteiger partial charge < -0.3 is 9.32 Å². The highest BCUT2D eigenvalue weighted by molar-refractivity contribution is 6.07. The molecule has 0 saturated carbocycles. The molecule has 0 atom stereocenters. The summed E-state index contributed by atoms with van der Waals surface area (Å²) in [5, 5.41) is 11.8. The Hall–Kier alpha value is -5.68. The summed E-state index contributed by atoms with van der Waals surface area (Å²) in [5.41, 5.74) is 9.72. The SMILES string of the molecule is c1ccc(-c2ccccc2N(c2ccc3nn(-c4ccccc4)nc3c2)c2ccc3oc4ccccc4c3c2)cc1. The van der Waals surface area contributed by atoms with Crippen LogP contribution in [0.15, 0.2) is 150 Å². The first-order valence-electron chi connectivity index (χ1n) is 13.6. The van der Waals surface area contributed by atoms with Crippen molar-refractivity contribution in [2.75, 3.05) is 4.90 Å². The van der Waals surface area contributed by atoms with E-state index in [0.717, 1.165) is 66.8 Å². The van der Waals surface area contributed by atoms with Crippen molar-refractivity contribution in [2.45, 2.75) is 0 Å². The van der Waals surface area contributed by atoms with Crippen LogP contribution >= 0.6 is 0 Å². The molecule has 8 aromatic rings. The van der Waals surface area contributed by atoms with Crippen molar-refractivity contribution in [3.8, 4) is 16.8 Å². The highest BCUT2D eigenvalue weighted by atomic mass is 16.3. The Kier molecular flexibility index (Phi) is 5.38. The fourth-order valence-electron chi connectivity index (χ4n) is 5.53. The number of benzene rings is 6. The third kappa shape index (κ3) is 4.03. The summed E-state index contributed by atoms with van der Waals surface area (Å²) in [4.78, 5) is 3.99. The second kappa shape index (κ2) is 9.50. The van der Waals surface area contributed by atoms with Crippen LogP contribution in [0, 0.1) is 0 Å². The molecular weight excluding hydrogens is 504 g/mol. The lowest BCUT2D eigenvalue weighted by molar-refractivity contribution is 0.669. The van der Waals surface area contributed by atoms with Crippen LogP contribution in [0.4, 0.5) is 17.1 Å². The van der Waals surface area contributed by atoms with Crippen molar-refractivity contribution in [1.29, 1.82) is 0 Å². The van der Waals surface area contributed by atoms with Crippen LogP contribution in [0.1, 0.15) is 0 Å². The van der Waals surface area contributed by atoms with Gasteiger partial charge in [0.2, 0.25) is 0 Å². The number of fused-ring (bicyclic) bond motifs is 4. The number of hydrogen-bond donors (Lipinski definition) is 0. The van der Waals surface area contributed by atoms with Crippen molar-refractivity contribution in [2.24, 2.45) is 0 Å². The highest BCUT2D eigenvalue weighted by Gasteiger charge is 2.20. The number of rotatable bonds is 5. The van der Waals surface area contributed by atoms with Gasteiger partial charge in [-0.15, -0.1) is 10.2 Å². The Bertz CT molecular complexity index is 2160. The van der Waals surface area contributed by atoms with E-state index in [-0.39, 0.29) is 0 Å². The molecule has 5 heteroatoms. The molecule has 5 nitrogen and oxygen atoms in total. The minimum atomic E-state index is 0.823. The van der Waals surface area contributed by atoms with Crippen molar-refractivity contribution < 1.29 is 4.42 Å². The van der Waals surface area contributed by atoms with Gasteiger partial charge in [0, 0.05) is 27.7 Å². The van der Waals surface area contributed by atoms with Crippen LogP contribution in [0.25, 0.3) is 49.8 Å². The minimum Gasteiger partial charge on any atom is -0.456 e. The topological polar surface area (TPSA) is 47.1 Å². The number of nitrogens with zero attached hydrogens (tertiary/aromatic N) is 4. The van der Waals surface area contributed by atoms with Crippen LogP contribution < -0.4 is 4.90 Å². The molecule has 0 aliphatic carbocycles. The number of para-hydroxylation sites is 3. The molecule has 2 heterocycles. The van der Waals surface area contributed by atoms with E-state index in [1.807, 2.05) is 54.6 Å². The van der Waals surface area contributed by atoms with Gasteiger partial charge in [0.25, 0.3) is 0 Å². The summed E-state index contributed by atoms with van der Waals surface area (Å²) in [6.45, 7) is 0. The molecule has 0 spiro atoms. The van der Waals surface area contributed by atoms with Gasteiger partial charge in [-0.25, -0.2) is 0 Å². The molecule has 0 aliphatic heterocycles. The molecule has 6 aromatic carbocycles. The van der Waals surface area contributed by atoms with Crippen molar-refractivity contribution in [3.63, 3.8) is 0 Å². The number of anilines is 3. The van der Waals surface area contributed by atoms with Gasteiger partial charge in [0.1, 0.15) is 22.2 Å². The molecule has 0 saturated heterocycles. The van der Waals surface area contributed by atoms with Crippen LogP contribution in [0.5, 0.6) is 0 Å². The second-order valence-corrected chi connectivity index (χ2v) is 10.00. The normalized spacial score (nSPS) is 11.4. The smallest absolute Gasteiger partial charge is 0.135 e. The Balaban J connectivity index is 1.35. The zero-order chi connectivity index (χ0) is 27.2. The summed E-state index contributed by atoms with van der Waals surface area (Å²) in [6, 6.07) is 49.9. The molecule has 0 radical (unpaired) electrons. The minimum absolute atomic E-state index is 0.823. The predicted octanol–water partition coefficient (Wildman–Crippen LogP) is 9.46. The fourth-order valence-corrected chi connectivity index (χ4v) is 5.53. The zero-order valence-electron chi connectivity index (χ0n) is 22.1. The van der Waals surface area contributed by atoms with Crippen molar-refractivity contribution >= 4 is 50.0 Å². The van der Waals surface area contributed by atoms with Crippen LogP contribution in [0.2, 0.25) is 0 Å². The second-order valence-electron chi connectivity index (χ2n) is 10.00. The Labute approximate surface area is 236 Å². The third-order valence-electron chi connectivity index (χ3n) is 7.46. The average Bonchev–Trinajstić information content (AvgIpc) is 3.64. The van der Waals surface area contributed by atoms with Gasteiger partial charge in [-0.3, -0.25) is 0 Å². The quantitative estimate of drug-likeness (QED) is 0.223. The molecule has 41 heavy (non-hydrogen) atoms. The van der Waals surface area contributed by atoms with E-state index in [4.69, 9.17) is 14.6 Å². The summed E-state index contributed by atoms with van der Waals surface area (Å²) < 4.78 is 6.15. The van der Waals surface area contributed by atoms with Crippen LogP contribution in [-0.2, 0) is 0 Å². The van der Waals surface area contributed by atoms with Gasteiger partial charge in [0.15, 0.2) is 0 Å². The zero-order valence-corrected chi connectivity index (χ0v) is 22.1. The molecular formula is C36H24N4O. The molecule has 0 N–H and O–H groups in total. The largest absolute Gasteiger partial charge is 0.456 e. The fraction of sp³-hybridized carbons (Fsp3) is 0. The number of aromatic nitrogens is 3. The van der Waals surface area contributed by atoms with E-state index in [0.29, 0.717) is 0 Å². The van der Waals surface area contributed by atoms with Gasteiger partial charge in [-0.2, -0.15) is 4.80 Å². The molecule has 0 unspecified atom stereocenters. The van der Waals surface area contributed by atoms with Crippen molar-refractivity contribution in [1.82, 2.24) is 15.0 Å². The van der Waals surface area contributed by atoms with Crippen LogP contribution in [-0.4, -0.2) is 15.0 Å². The Morgan fingerprint density at radius 2 is 1.17 bits per heavy atom. The summed E-state index contributed by atoms with van der Waals surface area (Å²) in [6.07, 6.45) is 0. The monoisotopic (exact) mass is 528 g/mol. The standard InChI is InChI=1S/C36H24N4O/c1-3-11-25(12-4-1)29-15-7-9-17-34(29)39(27-20-22-36-31(23-27)30-16-8-10-18-35(30)41-36)28-19-21-32-33(24-28)38-40(37-32)26-13-5-2-6-14-26/h1-24H. The van der Waals surface area contributed by atoms with E-state index in [1.54, 1.807) is 4.80 Å². The molecule has 0 fully saturated rings. The van der Waals surface area contributed by atoms with E-state index in [9.17, 15) is 0 Å². The summed E-state index contributed by atoms with van der Waals surface area (Å²) in [7, 11) is 0. The first kappa shape index (κ1) is 23.2. The Morgan fingerprint density at radius 1 is 0.512 bits per heavy atom. The molecule has 0 aliphatic rings. The third-order valence-corrected chi connectivity index (χ3v) is 7.46. The summed E-state index contributed by atoms with van der Waals surface area (Å²) >= 11 is 0. The van der Waals surface area contributed by atoms with E-state index >= 15 is 0 Å². The predicted molar refractivity (Wildman–Crippen MR) is 166 cm³/mol. The lowest BCUT2D eigenvalue weighted by Gasteiger charge is -2.28. The number of furan rings is 1. The molecule has 2 aromatic heterocycles. The molecule has 8 rings (SSSR count). The van der Waals surface area contributed by atoms with E-state index in [1.165, 1.54) is 0 Å². The van der Waals surface area contributed by atoms with Crippen molar-refractivity contribution in [3.05, 3.63) is 146 Å². The maximum Gasteiger partial charge on any atom is 0.135 e. The molecule has 0 bridgehead atoms. The van der Waals surface area contributed by atoms with E-state index in [2.05, 4.69) is 95.9 Å².